The van der Waals surface area contributed by atoms with Crippen LogP contribution >= 0.6 is 0 Å². The summed E-state index contributed by atoms with van der Waals surface area (Å²) in [6.07, 6.45) is 14.3. The van der Waals surface area contributed by atoms with Crippen molar-refractivity contribution in [3.8, 4) is 0 Å². The summed E-state index contributed by atoms with van der Waals surface area (Å²) in [5.74, 6) is 0. The molecule has 0 spiro atoms. The third-order valence-corrected chi connectivity index (χ3v) is 3.00. The molecular formula is C14H28O6. The molecule has 6 heteroatoms. The Bertz CT molecular complexity index is 167. The highest BCUT2D eigenvalue weighted by Crippen LogP contribution is 2.15. The van der Waals surface area contributed by atoms with Crippen LogP contribution in [0.5, 0.6) is 0 Å². The van der Waals surface area contributed by atoms with E-state index in [4.69, 9.17) is 30.0 Å². The van der Waals surface area contributed by atoms with E-state index in [2.05, 4.69) is 0 Å². The predicted molar refractivity (Wildman–Crippen MR) is 76.7 cm³/mol. The summed E-state index contributed by atoms with van der Waals surface area (Å²) in [7, 11) is 0. The Hall–Kier alpha value is -1.46. The molecule has 4 N–H and O–H groups in total. The van der Waals surface area contributed by atoms with Gasteiger partial charge in [-0.3, -0.25) is 0 Å². The van der Waals surface area contributed by atoms with Crippen LogP contribution in [0.15, 0.2) is 0 Å². The SMILES string of the molecule is C1CCCCC1.C1CCCCC1.O=C(O)O.O=C(O)O. The van der Waals surface area contributed by atoms with Crippen LogP contribution in [-0.4, -0.2) is 32.7 Å². The van der Waals surface area contributed by atoms with Gasteiger partial charge in [-0.25, -0.2) is 9.59 Å². The van der Waals surface area contributed by atoms with Gasteiger partial charge in [0.1, 0.15) is 0 Å². The minimum atomic E-state index is -1.83. The number of rotatable bonds is 0. The first-order chi connectivity index (χ1) is 9.46. The third kappa shape index (κ3) is 36.0. The summed E-state index contributed by atoms with van der Waals surface area (Å²) in [5.41, 5.74) is 0. The molecule has 120 valence electrons. The molecule has 0 bridgehead atoms. The zero-order chi connectivity index (χ0) is 15.6. The van der Waals surface area contributed by atoms with Crippen molar-refractivity contribution in [2.45, 2.75) is 77.0 Å². The molecule has 0 aromatic carbocycles. The lowest BCUT2D eigenvalue weighted by atomic mass is 10.0. The van der Waals surface area contributed by atoms with Crippen molar-refractivity contribution in [1.82, 2.24) is 0 Å². The van der Waals surface area contributed by atoms with Crippen LogP contribution in [0.2, 0.25) is 0 Å². The van der Waals surface area contributed by atoms with Gasteiger partial charge in [0.05, 0.1) is 0 Å². The van der Waals surface area contributed by atoms with E-state index >= 15 is 0 Å². The Labute approximate surface area is 120 Å². The maximum atomic E-state index is 8.56. The molecule has 0 saturated heterocycles. The molecular weight excluding hydrogens is 264 g/mol. The molecule has 2 rings (SSSR count). The topological polar surface area (TPSA) is 115 Å². The van der Waals surface area contributed by atoms with Crippen molar-refractivity contribution in [2.24, 2.45) is 0 Å². The molecule has 0 aromatic rings. The van der Waals surface area contributed by atoms with Crippen molar-refractivity contribution in [2.75, 3.05) is 0 Å². The maximum Gasteiger partial charge on any atom is 0.503 e. The maximum absolute atomic E-state index is 8.56. The van der Waals surface area contributed by atoms with Crippen LogP contribution in [-0.2, 0) is 0 Å². The summed E-state index contributed by atoms with van der Waals surface area (Å²) in [6.45, 7) is 0. The fourth-order valence-electron chi connectivity index (χ4n) is 2.12. The highest BCUT2D eigenvalue weighted by Gasteiger charge is 1.96. The van der Waals surface area contributed by atoms with Crippen molar-refractivity contribution in [3.63, 3.8) is 0 Å². The second-order valence-corrected chi connectivity index (χ2v) is 4.81. The predicted octanol–water partition coefficient (Wildman–Crippen LogP) is 5.13. The molecule has 0 unspecified atom stereocenters. The first-order valence-corrected chi connectivity index (χ1v) is 7.30. The normalized spacial score (nSPS) is 16.8. The van der Waals surface area contributed by atoms with Crippen molar-refractivity contribution >= 4 is 12.3 Å². The van der Waals surface area contributed by atoms with Crippen LogP contribution in [0.25, 0.3) is 0 Å². The summed E-state index contributed by atoms with van der Waals surface area (Å²) >= 11 is 0. The van der Waals surface area contributed by atoms with E-state index in [-0.39, 0.29) is 0 Å². The number of carbonyl (C=O) groups is 2. The number of hydrogen-bond acceptors (Lipinski definition) is 2. The fourth-order valence-corrected chi connectivity index (χ4v) is 2.12. The minimum Gasteiger partial charge on any atom is -0.450 e. The molecule has 20 heavy (non-hydrogen) atoms. The van der Waals surface area contributed by atoms with Crippen LogP contribution in [0.1, 0.15) is 77.0 Å². The van der Waals surface area contributed by atoms with Crippen molar-refractivity contribution in [1.29, 1.82) is 0 Å². The van der Waals surface area contributed by atoms with Gasteiger partial charge in [-0.2, -0.15) is 0 Å². The second-order valence-electron chi connectivity index (χ2n) is 4.81. The zero-order valence-corrected chi connectivity index (χ0v) is 12.1. The number of carboxylic acid groups (broad SMARTS) is 4. The number of hydrogen-bond donors (Lipinski definition) is 4. The molecule has 2 aliphatic rings. The van der Waals surface area contributed by atoms with E-state index in [0.717, 1.165) is 0 Å². The molecule has 6 nitrogen and oxygen atoms in total. The molecule has 0 aliphatic heterocycles. The summed E-state index contributed by atoms with van der Waals surface area (Å²) in [6, 6.07) is 0. The smallest absolute Gasteiger partial charge is 0.450 e. The van der Waals surface area contributed by atoms with Crippen molar-refractivity contribution < 1.29 is 30.0 Å². The highest BCUT2D eigenvalue weighted by atomic mass is 16.6. The van der Waals surface area contributed by atoms with E-state index < -0.39 is 12.3 Å². The van der Waals surface area contributed by atoms with Gasteiger partial charge in [-0.1, -0.05) is 77.0 Å². The lowest BCUT2D eigenvalue weighted by molar-refractivity contribution is 0.135. The van der Waals surface area contributed by atoms with Gasteiger partial charge >= 0.3 is 12.3 Å². The quantitative estimate of drug-likeness (QED) is 0.492. The molecule has 0 aromatic heterocycles. The monoisotopic (exact) mass is 292 g/mol. The largest absolute Gasteiger partial charge is 0.503 e. The van der Waals surface area contributed by atoms with Crippen LogP contribution in [0.3, 0.4) is 0 Å². The Morgan fingerprint density at radius 3 is 0.500 bits per heavy atom. The molecule has 2 saturated carbocycles. The average Bonchev–Trinajstić information content (AvgIpc) is 2.42. The Kier molecular flexibility index (Phi) is 18.3. The van der Waals surface area contributed by atoms with E-state index in [0.29, 0.717) is 0 Å². The van der Waals surface area contributed by atoms with Gasteiger partial charge in [0.25, 0.3) is 0 Å². The standard InChI is InChI=1S/2C6H12.2CH2O3/c2*1-2-4-6-5-3-1;2*2-1(3)4/h2*1-6H2;2*(H2,2,3,4). The Morgan fingerprint density at radius 2 is 0.450 bits per heavy atom. The summed E-state index contributed by atoms with van der Waals surface area (Å²) in [4.78, 5) is 17.1. The van der Waals surface area contributed by atoms with E-state index in [9.17, 15) is 0 Å². The average molecular weight is 292 g/mol. The van der Waals surface area contributed by atoms with Gasteiger partial charge in [0, 0.05) is 0 Å². The molecule has 0 atom stereocenters. The van der Waals surface area contributed by atoms with Gasteiger partial charge < -0.3 is 20.4 Å². The van der Waals surface area contributed by atoms with Crippen molar-refractivity contribution in [3.05, 3.63) is 0 Å². The lowest BCUT2D eigenvalue weighted by Gasteiger charge is -2.05. The Morgan fingerprint density at radius 1 is 0.400 bits per heavy atom. The van der Waals surface area contributed by atoms with Gasteiger partial charge in [-0.05, 0) is 0 Å². The Balaban J connectivity index is 0. The third-order valence-electron chi connectivity index (χ3n) is 3.00. The summed E-state index contributed by atoms with van der Waals surface area (Å²) in [5, 5.41) is 27.9. The van der Waals surface area contributed by atoms with Crippen LogP contribution < -0.4 is 0 Å². The second kappa shape index (κ2) is 17.5. The molecule has 0 radical (unpaired) electrons. The van der Waals surface area contributed by atoms with Gasteiger partial charge in [-0.15, -0.1) is 0 Å². The highest BCUT2D eigenvalue weighted by molar-refractivity contribution is 5.53. The van der Waals surface area contributed by atoms with E-state index in [1.165, 1.54) is 77.0 Å². The van der Waals surface area contributed by atoms with Gasteiger partial charge in [0.15, 0.2) is 0 Å². The molecule has 0 amide bonds. The first-order valence-electron chi connectivity index (χ1n) is 7.30. The lowest BCUT2D eigenvalue weighted by Crippen LogP contribution is -1.85. The van der Waals surface area contributed by atoms with Crippen LogP contribution in [0.4, 0.5) is 9.59 Å². The molecule has 2 fully saturated rings. The molecule has 0 heterocycles. The minimum absolute atomic E-state index is 1.50. The fraction of sp³-hybridized carbons (Fsp3) is 0.857. The summed E-state index contributed by atoms with van der Waals surface area (Å²) < 4.78 is 0. The van der Waals surface area contributed by atoms with Crippen LogP contribution in [0, 0.1) is 0 Å². The van der Waals surface area contributed by atoms with Gasteiger partial charge in [0.2, 0.25) is 0 Å². The zero-order valence-electron chi connectivity index (χ0n) is 12.1. The molecule has 2 aliphatic carbocycles. The first kappa shape index (κ1) is 20.8. The van der Waals surface area contributed by atoms with E-state index in [1.807, 2.05) is 0 Å². The van der Waals surface area contributed by atoms with E-state index in [1.54, 1.807) is 0 Å².